The lowest BCUT2D eigenvalue weighted by Crippen LogP contribution is -2.61. The number of hydrogen-bond acceptors (Lipinski definition) is 8. The van der Waals surface area contributed by atoms with Crippen molar-refractivity contribution in [2.24, 2.45) is 17.3 Å². The fourth-order valence-electron chi connectivity index (χ4n) is 7.09. The molecule has 11 atom stereocenters. The van der Waals surface area contributed by atoms with E-state index in [4.69, 9.17) is 9.47 Å². The molecule has 0 amide bonds. The molecule has 1 aliphatic heterocycles. The molecule has 0 aromatic heterocycles. The molecule has 0 bridgehead atoms. The number of rotatable bonds is 3. The molecule has 0 radical (unpaired) electrons. The van der Waals surface area contributed by atoms with Gasteiger partial charge in [0.1, 0.15) is 24.1 Å². The molecule has 1 saturated heterocycles. The topological polar surface area (TPSA) is 157 Å². The van der Waals surface area contributed by atoms with E-state index in [0.717, 1.165) is 25.7 Å². The number of phenols is 1. The largest absolute Gasteiger partial charge is 0.508 e. The van der Waals surface area contributed by atoms with Crippen LogP contribution in [0.3, 0.4) is 0 Å². The smallest absolute Gasteiger partial charge is 0.335 e. The molecule has 6 N–H and O–H groups in total. The van der Waals surface area contributed by atoms with Gasteiger partial charge in [0.2, 0.25) is 0 Å². The minimum Gasteiger partial charge on any atom is -0.508 e. The van der Waals surface area contributed by atoms with Crippen LogP contribution < -0.4 is 0 Å². The van der Waals surface area contributed by atoms with Crippen LogP contribution in [0.1, 0.15) is 49.7 Å². The minimum atomic E-state index is -1.79. The quantitative estimate of drug-likeness (QED) is 0.375. The van der Waals surface area contributed by atoms with Crippen LogP contribution in [-0.4, -0.2) is 79.5 Å². The van der Waals surface area contributed by atoms with Crippen molar-refractivity contribution in [2.45, 2.75) is 87.9 Å². The third-order valence-corrected chi connectivity index (χ3v) is 8.74. The Kier molecular flexibility index (Phi) is 5.70. The second-order valence-corrected chi connectivity index (χ2v) is 10.4. The molecular formula is C24H32O9. The van der Waals surface area contributed by atoms with Gasteiger partial charge in [-0.05, 0) is 78.5 Å². The van der Waals surface area contributed by atoms with Gasteiger partial charge in [0, 0.05) is 0 Å². The summed E-state index contributed by atoms with van der Waals surface area (Å²) in [5, 5.41) is 60.6. The molecule has 3 aliphatic carbocycles. The number of carboxylic acids is 1. The summed E-state index contributed by atoms with van der Waals surface area (Å²) in [7, 11) is 0. The molecule has 0 unspecified atom stereocenters. The molecule has 182 valence electrons. The van der Waals surface area contributed by atoms with Gasteiger partial charge in [-0.2, -0.15) is 0 Å². The SMILES string of the molecule is C[C@]12CC[C@@H]3c4ccc(O)cc4CC[C@H]3[C@@H]1C[C@@H](O)[C@H]2O[C@@H]1O[C@H](C(=O)O)[C@@H](O)[C@H](O)[C@H]1O. The highest BCUT2D eigenvalue weighted by Gasteiger charge is 2.60. The van der Waals surface area contributed by atoms with Crippen LogP contribution in [0, 0.1) is 17.3 Å². The lowest BCUT2D eigenvalue weighted by molar-refractivity contribution is -0.317. The van der Waals surface area contributed by atoms with Gasteiger partial charge in [-0.25, -0.2) is 4.79 Å². The molecule has 3 fully saturated rings. The Morgan fingerprint density at radius 3 is 2.61 bits per heavy atom. The molecule has 5 rings (SSSR count). The van der Waals surface area contributed by atoms with Gasteiger partial charge in [0.15, 0.2) is 12.4 Å². The number of aliphatic hydroxyl groups excluding tert-OH is 4. The van der Waals surface area contributed by atoms with Gasteiger partial charge in [0.25, 0.3) is 0 Å². The van der Waals surface area contributed by atoms with Gasteiger partial charge in [-0.15, -0.1) is 0 Å². The van der Waals surface area contributed by atoms with Crippen LogP contribution in [0.2, 0.25) is 0 Å². The first-order valence-electron chi connectivity index (χ1n) is 11.7. The zero-order chi connectivity index (χ0) is 23.7. The van der Waals surface area contributed by atoms with E-state index in [1.54, 1.807) is 6.07 Å². The van der Waals surface area contributed by atoms with E-state index in [2.05, 4.69) is 6.92 Å². The molecule has 9 nitrogen and oxygen atoms in total. The van der Waals surface area contributed by atoms with Crippen molar-refractivity contribution in [1.29, 1.82) is 0 Å². The summed E-state index contributed by atoms with van der Waals surface area (Å²) in [4.78, 5) is 11.4. The molecule has 2 saturated carbocycles. The second-order valence-electron chi connectivity index (χ2n) is 10.4. The third kappa shape index (κ3) is 3.57. The van der Waals surface area contributed by atoms with Crippen LogP contribution in [0.15, 0.2) is 18.2 Å². The Balaban J connectivity index is 1.38. The van der Waals surface area contributed by atoms with Gasteiger partial charge in [-0.1, -0.05) is 13.0 Å². The summed E-state index contributed by atoms with van der Waals surface area (Å²) in [6, 6.07) is 5.58. The summed E-state index contributed by atoms with van der Waals surface area (Å²) < 4.78 is 11.3. The molecule has 1 heterocycles. The molecule has 0 spiro atoms. The molecule has 1 aromatic carbocycles. The average molecular weight is 465 g/mol. The number of aromatic hydroxyl groups is 1. The Bertz CT molecular complexity index is 921. The Labute approximate surface area is 191 Å². The maximum atomic E-state index is 11.4. The maximum absolute atomic E-state index is 11.4. The van der Waals surface area contributed by atoms with E-state index in [0.29, 0.717) is 18.3 Å². The van der Waals surface area contributed by atoms with E-state index in [9.17, 15) is 35.4 Å². The number of aryl methyl sites for hydroxylation is 1. The van der Waals surface area contributed by atoms with Crippen molar-refractivity contribution in [3.05, 3.63) is 29.3 Å². The van der Waals surface area contributed by atoms with Crippen molar-refractivity contribution in [2.75, 3.05) is 0 Å². The summed E-state index contributed by atoms with van der Waals surface area (Å²) in [5.41, 5.74) is 2.02. The van der Waals surface area contributed by atoms with E-state index in [1.807, 2.05) is 12.1 Å². The van der Waals surface area contributed by atoms with Gasteiger partial charge in [-0.3, -0.25) is 0 Å². The molecule has 33 heavy (non-hydrogen) atoms. The highest BCUT2D eigenvalue weighted by molar-refractivity contribution is 5.73. The van der Waals surface area contributed by atoms with Crippen molar-refractivity contribution in [1.82, 2.24) is 0 Å². The minimum absolute atomic E-state index is 0.157. The molecule has 1 aromatic rings. The fraction of sp³-hybridized carbons (Fsp3) is 0.708. The number of phenolic OH excluding ortho intramolecular Hbond substituents is 1. The van der Waals surface area contributed by atoms with Crippen molar-refractivity contribution in [3.63, 3.8) is 0 Å². The van der Waals surface area contributed by atoms with Gasteiger partial charge >= 0.3 is 5.97 Å². The normalized spacial score (nSPS) is 46.8. The molecule has 9 heteroatoms. The maximum Gasteiger partial charge on any atom is 0.335 e. The zero-order valence-electron chi connectivity index (χ0n) is 18.4. The summed E-state index contributed by atoms with van der Waals surface area (Å²) in [5.74, 6) is -0.366. The Morgan fingerprint density at radius 1 is 1.12 bits per heavy atom. The lowest BCUT2D eigenvalue weighted by atomic mass is 9.55. The summed E-state index contributed by atoms with van der Waals surface area (Å²) in [6.45, 7) is 2.07. The van der Waals surface area contributed by atoms with Crippen molar-refractivity contribution >= 4 is 5.97 Å². The van der Waals surface area contributed by atoms with Crippen LogP contribution >= 0.6 is 0 Å². The first-order chi connectivity index (χ1) is 15.6. The highest BCUT2D eigenvalue weighted by Crippen LogP contribution is 2.62. The van der Waals surface area contributed by atoms with Crippen molar-refractivity contribution in [3.8, 4) is 5.75 Å². The predicted molar refractivity (Wildman–Crippen MR) is 113 cm³/mol. The van der Waals surface area contributed by atoms with E-state index in [-0.39, 0.29) is 11.7 Å². The van der Waals surface area contributed by atoms with Crippen LogP contribution in [0.4, 0.5) is 0 Å². The van der Waals surface area contributed by atoms with Crippen LogP contribution in [-0.2, 0) is 20.7 Å². The summed E-state index contributed by atoms with van der Waals surface area (Å²) in [6.07, 6.45) is -5.97. The highest BCUT2D eigenvalue weighted by atomic mass is 16.7. The number of carbonyl (C=O) groups is 1. The lowest BCUT2D eigenvalue weighted by Gasteiger charge is -2.51. The number of aliphatic hydroxyl groups is 4. The Morgan fingerprint density at radius 2 is 1.88 bits per heavy atom. The fourth-order valence-corrected chi connectivity index (χ4v) is 7.09. The second kappa shape index (κ2) is 8.18. The first-order valence-corrected chi connectivity index (χ1v) is 11.7. The van der Waals surface area contributed by atoms with Crippen molar-refractivity contribution < 1.29 is 44.9 Å². The third-order valence-electron chi connectivity index (χ3n) is 8.74. The zero-order valence-corrected chi connectivity index (χ0v) is 18.4. The first kappa shape index (κ1) is 23.0. The summed E-state index contributed by atoms with van der Waals surface area (Å²) >= 11 is 0. The predicted octanol–water partition coefficient (Wildman–Crippen LogP) is 0.496. The number of fused-ring (bicyclic) bond motifs is 5. The average Bonchev–Trinajstić information content (AvgIpc) is 3.03. The molecule has 4 aliphatic rings. The number of carboxylic acid groups (broad SMARTS) is 1. The van der Waals surface area contributed by atoms with Crippen LogP contribution in [0.5, 0.6) is 5.75 Å². The number of ether oxygens (including phenoxy) is 2. The molecular weight excluding hydrogens is 432 g/mol. The van der Waals surface area contributed by atoms with E-state index < -0.39 is 54.3 Å². The number of hydrogen-bond donors (Lipinski definition) is 6. The standard InChI is InChI=1S/C24H32O9/c1-24-7-6-13-12-5-3-11(25)8-10(12)2-4-14(13)15(24)9-16(26)21(24)33-23-19(29)17(27)18(28)20(32-23)22(30)31/h3,5,8,13-21,23,25-29H,2,4,6-7,9H2,1H3,(H,30,31)/t13-,14-,15+,16-,17+,18+,19-,20+,21-,23+,24+/m1/s1. The number of aliphatic carboxylic acids is 1. The van der Waals surface area contributed by atoms with E-state index in [1.165, 1.54) is 11.1 Å². The van der Waals surface area contributed by atoms with Gasteiger partial charge < -0.3 is 40.1 Å². The number of benzene rings is 1. The van der Waals surface area contributed by atoms with Crippen LogP contribution in [0.25, 0.3) is 0 Å². The van der Waals surface area contributed by atoms with Gasteiger partial charge in [0.05, 0.1) is 12.2 Å². The monoisotopic (exact) mass is 464 g/mol. The van der Waals surface area contributed by atoms with E-state index >= 15 is 0 Å². The Hall–Kier alpha value is -1.75.